The highest BCUT2D eigenvalue weighted by Gasteiger charge is 2.16. The van der Waals surface area contributed by atoms with Gasteiger partial charge in [-0.05, 0) is 44.4 Å². The first kappa shape index (κ1) is 13.8. The van der Waals surface area contributed by atoms with E-state index in [1.54, 1.807) is 0 Å². The quantitative estimate of drug-likeness (QED) is 0.852. The molecule has 0 spiro atoms. The van der Waals surface area contributed by atoms with Gasteiger partial charge in [0.15, 0.2) is 0 Å². The van der Waals surface area contributed by atoms with Crippen molar-refractivity contribution in [1.82, 2.24) is 10.3 Å². The lowest BCUT2D eigenvalue weighted by molar-refractivity contribution is 0.358. The van der Waals surface area contributed by atoms with Crippen molar-refractivity contribution in [3.05, 3.63) is 66.0 Å². The van der Waals surface area contributed by atoms with E-state index < -0.39 is 0 Å². The number of pyridine rings is 1. The normalized spacial score (nSPS) is 11.5. The van der Waals surface area contributed by atoms with Gasteiger partial charge in [0.2, 0.25) is 0 Å². The van der Waals surface area contributed by atoms with Gasteiger partial charge in [-0.2, -0.15) is 0 Å². The predicted octanol–water partition coefficient (Wildman–Crippen LogP) is 3.58. The Balaban J connectivity index is 1.82. The molecule has 0 bridgehead atoms. The fraction of sp³-hybridized carbons (Fsp3) is 0.353. The van der Waals surface area contributed by atoms with E-state index in [0.29, 0.717) is 0 Å². The van der Waals surface area contributed by atoms with E-state index in [0.717, 1.165) is 25.1 Å². The third-order valence-corrected chi connectivity index (χ3v) is 3.36. The summed E-state index contributed by atoms with van der Waals surface area (Å²) < 4.78 is 0. The maximum atomic E-state index is 4.34. The van der Waals surface area contributed by atoms with Gasteiger partial charge >= 0.3 is 0 Å². The van der Waals surface area contributed by atoms with Crippen LogP contribution in [-0.2, 0) is 13.0 Å². The Kier molecular flexibility index (Phi) is 4.69. The molecule has 0 fully saturated rings. The van der Waals surface area contributed by atoms with Crippen LogP contribution < -0.4 is 5.32 Å². The molecular formula is C17H22N2. The number of nitrogens with zero attached hydrogens (tertiary/aromatic N) is 1. The number of rotatable bonds is 6. The molecule has 1 aromatic carbocycles. The second-order valence-corrected chi connectivity index (χ2v) is 5.54. The van der Waals surface area contributed by atoms with Crippen LogP contribution in [-0.4, -0.2) is 10.5 Å². The van der Waals surface area contributed by atoms with E-state index in [2.05, 4.69) is 60.5 Å². The van der Waals surface area contributed by atoms with E-state index in [-0.39, 0.29) is 5.54 Å². The first-order valence-corrected chi connectivity index (χ1v) is 6.85. The van der Waals surface area contributed by atoms with Crippen LogP contribution in [0.2, 0.25) is 0 Å². The zero-order valence-electron chi connectivity index (χ0n) is 11.8. The van der Waals surface area contributed by atoms with Gasteiger partial charge in [0, 0.05) is 18.3 Å². The SMILES string of the molecule is CC(C)(CCc1ccccc1)NCc1ccccn1. The van der Waals surface area contributed by atoms with Crippen LogP contribution in [0.1, 0.15) is 31.5 Å². The molecule has 19 heavy (non-hydrogen) atoms. The Hall–Kier alpha value is -1.67. The number of hydrogen-bond donors (Lipinski definition) is 1. The molecule has 2 rings (SSSR count). The molecule has 0 aliphatic carbocycles. The lowest BCUT2D eigenvalue weighted by atomic mass is 9.95. The van der Waals surface area contributed by atoms with E-state index in [4.69, 9.17) is 0 Å². The van der Waals surface area contributed by atoms with Gasteiger partial charge in [-0.1, -0.05) is 36.4 Å². The van der Waals surface area contributed by atoms with Crippen molar-refractivity contribution in [2.24, 2.45) is 0 Å². The van der Waals surface area contributed by atoms with Crippen molar-refractivity contribution in [2.75, 3.05) is 0 Å². The van der Waals surface area contributed by atoms with Gasteiger partial charge in [-0.25, -0.2) is 0 Å². The summed E-state index contributed by atoms with van der Waals surface area (Å²) in [6.45, 7) is 5.32. The van der Waals surface area contributed by atoms with Gasteiger partial charge in [-0.15, -0.1) is 0 Å². The Morgan fingerprint density at radius 2 is 1.74 bits per heavy atom. The molecular weight excluding hydrogens is 232 g/mol. The molecule has 0 unspecified atom stereocenters. The Bertz CT molecular complexity index is 432. The third kappa shape index (κ3) is 4.84. The van der Waals surface area contributed by atoms with Crippen molar-refractivity contribution in [1.29, 1.82) is 0 Å². The van der Waals surface area contributed by atoms with Gasteiger partial charge in [0.1, 0.15) is 0 Å². The zero-order chi connectivity index (χ0) is 13.6. The topological polar surface area (TPSA) is 24.9 Å². The van der Waals surface area contributed by atoms with E-state index in [1.807, 2.05) is 18.3 Å². The number of aromatic nitrogens is 1. The highest BCUT2D eigenvalue weighted by Crippen LogP contribution is 2.14. The molecule has 0 aliphatic heterocycles. The Morgan fingerprint density at radius 1 is 1.00 bits per heavy atom. The molecule has 0 atom stereocenters. The fourth-order valence-corrected chi connectivity index (χ4v) is 2.02. The summed E-state index contributed by atoms with van der Waals surface area (Å²) in [6.07, 6.45) is 4.06. The van der Waals surface area contributed by atoms with Crippen LogP contribution >= 0.6 is 0 Å². The van der Waals surface area contributed by atoms with Crippen LogP contribution in [0.5, 0.6) is 0 Å². The first-order valence-electron chi connectivity index (χ1n) is 6.85. The third-order valence-electron chi connectivity index (χ3n) is 3.36. The molecule has 0 aliphatic rings. The van der Waals surface area contributed by atoms with Crippen LogP contribution in [0, 0.1) is 0 Å². The van der Waals surface area contributed by atoms with Gasteiger partial charge < -0.3 is 5.32 Å². The Labute approximate surface area is 115 Å². The summed E-state index contributed by atoms with van der Waals surface area (Å²) in [5.41, 5.74) is 2.61. The molecule has 2 aromatic rings. The summed E-state index contributed by atoms with van der Waals surface area (Å²) in [5, 5.41) is 3.58. The molecule has 1 N–H and O–H groups in total. The Morgan fingerprint density at radius 3 is 2.42 bits per heavy atom. The second kappa shape index (κ2) is 6.48. The van der Waals surface area contributed by atoms with Gasteiger partial charge in [0.05, 0.1) is 5.69 Å². The lowest BCUT2D eigenvalue weighted by Gasteiger charge is -2.26. The maximum absolute atomic E-state index is 4.34. The van der Waals surface area contributed by atoms with E-state index in [1.165, 1.54) is 5.56 Å². The number of hydrogen-bond acceptors (Lipinski definition) is 2. The van der Waals surface area contributed by atoms with Crippen LogP contribution in [0.15, 0.2) is 54.7 Å². The summed E-state index contributed by atoms with van der Waals surface area (Å²) in [6, 6.07) is 16.7. The van der Waals surface area contributed by atoms with Gasteiger partial charge in [-0.3, -0.25) is 4.98 Å². The molecule has 2 nitrogen and oxygen atoms in total. The number of nitrogens with one attached hydrogen (secondary N) is 1. The van der Waals surface area contributed by atoms with Crippen molar-refractivity contribution in [2.45, 2.75) is 38.8 Å². The number of benzene rings is 1. The largest absolute Gasteiger partial charge is 0.306 e. The summed E-state index contributed by atoms with van der Waals surface area (Å²) in [4.78, 5) is 4.34. The summed E-state index contributed by atoms with van der Waals surface area (Å²) in [7, 11) is 0. The average molecular weight is 254 g/mol. The minimum Gasteiger partial charge on any atom is -0.306 e. The van der Waals surface area contributed by atoms with Crippen molar-refractivity contribution < 1.29 is 0 Å². The van der Waals surface area contributed by atoms with Crippen molar-refractivity contribution >= 4 is 0 Å². The van der Waals surface area contributed by atoms with E-state index >= 15 is 0 Å². The molecule has 100 valence electrons. The minimum absolute atomic E-state index is 0.118. The van der Waals surface area contributed by atoms with Gasteiger partial charge in [0.25, 0.3) is 0 Å². The molecule has 0 saturated carbocycles. The molecule has 1 heterocycles. The highest BCUT2D eigenvalue weighted by atomic mass is 15.0. The molecule has 1 aromatic heterocycles. The second-order valence-electron chi connectivity index (χ2n) is 5.54. The highest BCUT2D eigenvalue weighted by molar-refractivity contribution is 5.15. The zero-order valence-corrected chi connectivity index (χ0v) is 11.8. The smallest absolute Gasteiger partial charge is 0.0541 e. The number of aryl methyl sites for hydroxylation is 1. The first-order chi connectivity index (χ1) is 9.16. The molecule has 0 amide bonds. The molecule has 0 radical (unpaired) electrons. The van der Waals surface area contributed by atoms with Crippen LogP contribution in [0.4, 0.5) is 0 Å². The summed E-state index contributed by atoms with van der Waals surface area (Å²) >= 11 is 0. The molecule has 0 saturated heterocycles. The van der Waals surface area contributed by atoms with Crippen LogP contribution in [0.25, 0.3) is 0 Å². The van der Waals surface area contributed by atoms with Crippen molar-refractivity contribution in [3.63, 3.8) is 0 Å². The van der Waals surface area contributed by atoms with Crippen LogP contribution in [0.3, 0.4) is 0 Å². The monoisotopic (exact) mass is 254 g/mol. The standard InChI is InChI=1S/C17H22N2/c1-17(2,12-11-15-8-4-3-5-9-15)19-14-16-10-6-7-13-18-16/h3-10,13,19H,11-12,14H2,1-2H3. The minimum atomic E-state index is 0.118. The maximum Gasteiger partial charge on any atom is 0.0541 e. The predicted molar refractivity (Wildman–Crippen MR) is 79.9 cm³/mol. The fourth-order valence-electron chi connectivity index (χ4n) is 2.02. The lowest BCUT2D eigenvalue weighted by Crippen LogP contribution is -2.39. The van der Waals surface area contributed by atoms with Crippen molar-refractivity contribution in [3.8, 4) is 0 Å². The average Bonchev–Trinajstić information content (AvgIpc) is 2.46. The molecule has 2 heteroatoms. The van der Waals surface area contributed by atoms with E-state index in [9.17, 15) is 0 Å². The summed E-state index contributed by atoms with van der Waals surface area (Å²) in [5.74, 6) is 0.